The first-order valence-electron chi connectivity index (χ1n) is 9.38. The molecule has 2 aromatic carbocycles. The quantitative estimate of drug-likeness (QED) is 0.433. The molecule has 11 heteroatoms. The van der Waals surface area contributed by atoms with E-state index in [4.69, 9.17) is 26.2 Å². The number of hydrogen-bond donors (Lipinski definition) is 1. The Hall–Kier alpha value is -3.50. The van der Waals surface area contributed by atoms with Crippen LogP contribution in [0.1, 0.15) is 21.5 Å². The molecule has 1 aliphatic rings. The molecule has 0 bridgehead atoms. The van der Waals surface area contributed by atoms with Gasteiger partial charge in [0.2, 0.25) is 0 Å². The second-order valence-electron chi connectivity index (χ2n) is 6.67. The molecule has 1 heterocycles. The van der Waals surface area contributed by atoms with E-state index < -0.39 is 29.6 Å². The molecule has 172 valence electrons. The molecular formula is C22H18ClNO8S. The van der Waals surface area contributed by atoms with Gasteiger partial charge in [0, 0.05) is 0 Å². The molecule has 1 fully saturated rings. The molecule has 0 atom stereocenters. The van der Waals surface area contributed by atoms with Crippen molar-refractivity contribution in [3.8, 4) is 11.5 Å². The van der Waals surface area contributed by atoms with E-state index in [0.29, 0.717) is 23.1 Å². The number of thioether (sulfide) groups is 1. The molecule has 0 unspecified atom stereocenters. The molecule has 1 aliphatic heterocycles. The van der Waals surface area contributed by atoms with Crippen LogP contribution in [0, 0.1) is 0 Å². The number of carboxylic acid groups (broad SMARTS) is 1. The Morgan fingerprint density at radius 2 is 1.85 bits per heavy atom. The number of esters is 1. The molecule has 1 saturated heterocycles. The van der Waals surface area contributed by atoms with Crippen LogP contribution in [-0.2, 0) is 20.9 Å². The molecule has 0 saturated carbocycles. The molecule has 0 aliphatic carbocycles. The van der Waals surface area contributed by atoms with Crippen molar-refractivity contribution < 1.29 is 38.5 Å². The molecule has 1 N–H and O–H groups in total. The van der Waals surface area contributed by atoms with Gasteiger partial charge >= 0.3 is 11.9 Å². The normalized spacial score (nSPS) is 14.5. The maximum absolute atomic E-state index is 12.5. The van der Waals surface area contributed by atoms with E-state index in [1.54, 1.807) is 24.3 Å². The zero-order valence-electron chi connectivity index (χ0n) is 17.5. The summed E-state index contributed by atoms with van der Waals surface area (Å²) in [6, 6.07) is 9.32. The average Bonchev–Trinajstić information content (AvgIpc) is 3.05. The van der Waals surface area contributed by atoms with Crippen LogP contribution in [0.2, 0.25) is 5.02 Å². The molecule has 0 radical (unpaired) electrons. The summed E-state index contributed by atoms with van der Waals surface area (Å²) in [4.78, 5) is 47.9. The highest BCUT2D eigenvalue weighted by atomic mass is 35.5. The predicted octanol–water partition coefficient (Wildman–Crippen LogP) is 3.84. The summed E-state index contributed by atoms with van der Waals surface area (Å²) in [6.45, 7) is -0.357. The largest absolute Gasteiger partial charge is 0.493 e. The monoisotopic (exact) mass is 491 g/mol. The number of methoxy groups -OCH3 is 2. The Kier molecular flexibility index (Phi) is 7.62. The highest BCUT2D eigenvalue weighted by Crippen LogP contribution is 2.39. The number of benzene rings is 2. The van der Waals surface area contributed by atoms with Gasteiger partial charge in [-0.05, 0) is 53.2 Å². The SMILES string of the molecule is COC(=O)CN1C(=O)SC(=Cc2cc(Cl)c(OCc3ccc(C(=O)O)cc3)c(OC)c2)C1=O. The number of rotatable bonds is 8. The molecule has 2 aromatic rings. The van der Waals surface area contributed by atoms with Crippen LogP contribution in [0.5, 0.6) is 11.5 Å². The van der Waals surface area contributed by atoms with Crippen molar-refractivity contribution in [3.05, 3.63) is 63.0 Å². The lowest BCUT2D eigenvalue weighted by atomic mass is 10.1. The highest BCUT2D eigenvalue weighted by molar-refractivity contribution is 8.18. The van der Waals surface area contributed by atoms with E-state index in [9.17, 15) is 19.2 Å². The maximum Gasteiger partial charge on any atom is 0.335 e. The smallest absolute Gasteiger partial charge is 0.335 e. The van der Waals surface area contributed by atoms with Crippen LogP contribution >= 0.6 is 23.4 Å². The van der Waals surface area contributed by atoms with E-state index in [-0.39, 0.29) is 27.8 Å². The molecule has 33 heavy (non-hydrogen) atoms. The van der Waals surface area contributed by atoms with Crippen LogP contribution in [0.4, 0.5) is 4.79 Å². The number of ether oxygens (including phenoxy) is 3. The Morgan fingerprint density at radius 1 is 1.15 bits per heavy atom. The Bertz CT molecular complexity index is 1150. The van der Waals surface area contributed by atoms with Gasteiger partial charge in [0.1, 0.15) is 13.2 Å². The van der Waals surface area contributed by atoms with Gasteiger partial charge in [-0.15, -0.1) is 0 Å². The number of imide groups is 1. The van der Waals surface area contributed by atoms with Gasteiger partial charge < -0.3 is 19.3 Å². The summed E-state index contributed by atoms with van der Waals surface area (Å²) in [5.41, 5.74) is 1.37. The van der Waals surface area contributed by atoms with Crippen molar-refractivity contribution in [1.29, 1.82) is 0 Å². The van der Waals surface area contributed by atoms with Gasteiger partial charge in [-0.2, -0.15) is 0 Å². The van der Waals surface area contributed by atoms with Crippen LogP contribution in [0.3, 0.4) is 0 Å². The van der Waals surface area contributed by atoms with Crippen LogP contribution in [0.25, 0.3) is 6.08 Å². The third kappa shape index (κ3) is 5.65. The Balaban J connectivity index is 1.79. The second-order valence-corrected chi connectivity index (χ2v) is 8.07. The summed E-state index contributed by atoms with van der Waals surface area (Å²) in [6.07, 6.45) is 1.46. The van der Waals surface area contributed by atoms with Gasteiger partial charge in [-0.3, -0.25) is 19.3 Å². The lowest BCUT2D eigenvalue weighted by Crippen LogP contribution is -2.34. The third-order valence-corrected chi connectivity index (χ3v) is 5.71. The van der Waals surface area contributed by atoms with Crippen molar-refractivity contribution in [2.24, 2.45) is 0 Å². The minimum absolute atomic E-state index is 0.113. The van der Waals surface area contributed by atoms with Crippen molar-refractivity contribution in [2.45, 2.75) is 6.61 Å². The third-order valence-electron chi connectivity index (χ3n) is 4.52. The van der Waals surface area contributed by atoms with Gasteiger partial charge in [0.15, 0.2) is 11.5 Å². The number of carbonyl (C=O) groups excluding carboxylic acids is 3. The number of amides is 2. The van der Waals surface area contributed by atoms with Crippen molar-refractivity contribution in [1.82, 2.24) is 4.90 Å². The average molecular weight is 492 g/mol. The fourth-order valence-electron chi connectivity index (χ4n) is 2.84. The zero-order chi connectivity index (χ0) is 24.1. The number of carbonyl (C=O) groups is 4. The van der Waals surface area contributed by atoms with Crippen molar-refractivity contribution >= 4 is 52.5 Å². The van der Waals surface area contributed by atoms with Crippen LogP contribution < -0.4 is 9.47 Å². The summed E-state index contributed by atoms with van der Waals surface area (Å²) in [5.74, 6) is -1.79. The molecule has 9 nitrogen and oxygen atoms in total. The number of hydrogen-bond acceptors (Lipinski definition) is 8. The van der Waals surface area contributed by atoms with E-state index >= 15 is 0 Å². The number of nitrogens with zero attached hydrogens (tertiary/aromatic N) is 1. The zero-order valence-corrected chi connectivity index (χ0v) is 19.1. The van der Waals surface area contributed by atoms with Crippen molar-refractivity contribution in [3.63, 3.8) is 0 Å². The maximum atomic E-state index is 12.5. The van der Waals surface area contributed by atoms with E-state index in [1.165, 1.54) is 32.4 Å². The molecule has 3 rings (SSSR count). The van der Waals surface area contributed by atoms with Crippen LogP contribution in [0.15, 0.2) is 41.3 Å². The fraction of sp³-hybridized carbons (Fsp3) is 0.182. The van der Waals surface area contributed by atoms with Crippen molar-refractivity contribution in [2.75, 3.05) is 20.8 Å². The highest BCUT2D eigenvalue weighted by Gasteiger charge is 2.36. The standard InChI is InChI=1S/C22H18ClNO8S/c1-30-16-8-13(9-17-20(26)24(22(29)33-17)10-18(25)31-2)7-15(23)19(16)32-11-12-3-5-14(6-4-12)21(27)28/h3-9H,10-11H2,1-2H3,(H,27,28). The summed E-state index contributed by atoms with van der Waals surface area (Å²) >= 11 is 7.07. The molecular weight excluding hydrogens is 474 g/mol. The number of halogens is 1. The first-order chi connectivity index (χ1) is 15.7. The molecule has 2 amide bonds. The van der Waals surface area contributed by atoms with Gasteiger partial charge in [-0.1, -0.05) is 23.7 Å². The number of aromatic carboxylic acids is 1. The lowest BCUT2D eigenvalue weighted by molar-refractivity contribution is -0.143. The Labute approximate surface area is 197 Å². The topological polar surface area (TPSA) is 119 Å². The van der Waals surface area contributed by atoms with E-state index in [0.717, 1.165) is 10.5 Å². The first-order valence-corrected chi connectivity index (χ1v) is 10.6. The lowest BCUT2D eigenvalue weighted by Gasteiger charge is -2.14. The summed E-state index contributed by atoms with van der Waals surface area (Å²) < 4.78 is 15.6. The number of carboxylic acids is 1. The van der Waals surface area contributed by atoms with Gasteiger partial charge in [0.25, 0.3) is 11.1 Å². The minimum Gasteiger partial charge on any atom is -0.493 e. The molecule has 0 spiro atoms. The first kappa shape index (κ1) is 24.1. The fourth-order valence-corrected chi connectivity index (χ4v) is 3.96. The summed E-state index contributed by atoms with van der Waals surface area (Å²) in [5, 5.41) is 8.60. The Morgan fingerprint density at radius 3 is 2.45 bits per heavy atom. The second kappa shape index (κ2) is 10.4. The van der Waals surface area contributed by atoms with Gasteiger partial charge in [-0.25, -0.2) is 4.79 Å². The van der Waals surface area contributed by atoms with Gasteiger partial charge in [0.05, 0.1) is 29.7 Å². The molecule has 0 aromatic heterocycles. The predicted molar refractivity (Wildman–Crippen MR) is 120 cm³/mol. The minimum atomic E-state index is -1.02. The summed E-state index contributed by atoms with van der Waals surface area (Å²) in [7, 11) is 2.59. The van der Waals surface area contributed by atoms with Crippen LogP contribution in [-0.4, -0.2) is 53.9 Å². The van der Waals surface area contributed by atoms with E-state index in [2.05, 4.69) is 4.74 Å². The van der Waals surface area contributed by atoms with E-state index in [1.807, 2.05) is 0 Å².